The van der Waals surface area contributed by atoms with Crippen molar-refractivity contribution in [2.45, 2.75) is 18.9 Å². The predicted octanol–water partition coefficient (Wildman–Crippen LogP) is 2.13. The molecule has 0 spiro atoms. The second-order valence-corrected chi connectivity index (χ2v) is 9.17. The Bertz CT molecular complexity index is 1530. The molecular weight excluding hydrogens is 462 g/mol. The van der Waals surface area contributed by atoms with Crippen LogP contribution in [-0.4, -0.2) is 58.3 Å². The van der Waals surface area contributed by atoms with Crippen molar-refractivity contribution < 1.29 is 18.7 Å². The molecule has 4 N–H and O–H groups in total. The van der Waals surface area contributed by atoms with Crippen LogP contribution in [0.2, 0.25) is 0 Å². The summed E-state index contributed by atoms with van der Waals surface area (Å²) >= 11 is 0. The highest BCUT2D eigenvalue weighted by Gasteiger charge is 2.37. The zero-order chi connectivity index (χ0) is 25.0. The number of ether oxygens (including phenoxy) is 2. The normalized spacial score (nSPS) is 18.7. The van der Waals surface area contributed by atoms with Crippen molar-refractivity contribution in [3.63, 3.8) is 0 Å². The van der Waals surface area contributed by atoms with Crippen molar-refractivity contribution in [3.8, 4) is 0 Å². The number of rotatable bonds is 6. The van der Waals surface area contributed by atoms with E-state index in [1.807, 2.05) is 24.4 Å². The van der Waals surface area contributed by atoms with Gasteiger partial charge in [-0.15, -0.1) is 0 Å². The molecule has 3 aliphatic rings. The first-order chi connectivity index (χ1) is 17.4. The monoisotopic (exact) mass is 487 g/mol. The van der Waals surface area contributed by atoms with Gasteiger partial charge in [-0.3, -0.25) is 9.48 Å². The Morgan fingerprint density at radius 2 is 2.14 bits per heavy atom. The van der Waals surface area contributed by atoms with Crippen LogP contribution in [0.4, 0.5) is 6.01 Å². The van der Waals surface area contributed by atoms with Gasteiger partial charge >= 0.3 is 0 Å². The predicted molar refractivity (Wildman–Crippen MR) is 132 cm³/mol. The molecule has 1 amide bonds. The molecule has 1 atom stereocenters. The van der Waals surface area contributed by atoms with Gasteiger partial charge in [0.25, 0.3) is 6.01 Å². The number of nitrogens with zero attached hydrogens (tertiary/aromatic N) is 5. The fraction of sp³-hybridized carbons (Fsp3) is 0.280. The number of nitrogen functional groups attached to an aromatic ring is 1. The summed E-state index contributed by atoms with van der Waals surface area (Å²) < 4.78 is 18.1. The van der Waals surface area contributed by atoms with E-state index in [9.17, 15) is 4.79 Å². The SMILES string of the molecule is COCC(C)(C(N)=O)n1cc(C2=COCC3=C4C2=CN=C(c2ccc5oc(N)nc5c2)N4CC3)cn1. The number of anilines is 1. The molecule has 2 aromatic heterocycles. The first-order valence-electron chi connectivity index (χ1n) is 11.5. The number of aliphatic imine (C=N–C) groups is 1. The van der Waals surface area contributed by atoms with Gasteiger partial charge in [-0.1, -0.05) is 0 Å². The zero-order valence-corrected chi connectivity index (χ0v) is 19.9. The molecule has 0 saturated heterocycles. The summed E-state index contributed by atoms with van der Waals surface area (Å²) in [6.07, 6.45) is 7.92. The van der Waals surface area contributed by atoms with Gasteiger partial charge < -0.3 is 30.3 Å². The van der Waals surface area contributed by atoms with E-state index in [0.717, 1.165) is 46.8 Å². The molecule has 11 nitrogen and oxygen atoms in total. The van der Waals surface area contributed by atoms with Crippen molar-refractivity contribution in [2.75, 3.05) is 32.6 Å². The van der Waals surface area contributed by atoms with E-state index in [4.69, 9.17) is 30.4 Å². The third-order valence-corrected chi connectivity index (χ3v) is 6.84. The lowest BCUT2D eigenvalue weighted by atomic mass is 9.96. The molecule has 1 unspecified atom stereocenters. The zero-order valence-electron chi connectivity index (χ0n) is 19.9. The number of benzene rings is 1. The van der Waals surface area contributed by atoms with Crippen molar-refractivity contribution in [1.82, 2.24) is 19.7 Å². The van der Waals surface area contributed by atoms with Crippen molar-refractivity contribution in [2.24, 2.45) is 10.7 Å². The highest BCUT2D eigenvalue weighted by Crippen LogP contribution is 2.42. The molecule has 0 bridgehead atoms. The summed E-state index contributed by atoms with van der Waals surface area (Å²) in [4.78, 5) is 23.5. The quantitative estimate of drug-likeness (QED) is 0.537. The number of fused-ring (bicyclic) bond motifs is 1. The Hall–Kier alpha value is -4.38. The Morgan fingerprint density at radius 3 is 2.94 bits per heavy atom. The average molecular weight is 488 g/mol. The van der Waals surface area contributed by atoms with Crippen molar-refractivity contribution in [3.05, 3.63) is 71.0 Å². The van der Waals surface area contributed by atoms with Gasteiger partial charge in [0, 0.05) is 48.3 Å². The van der Waals surface area contributed by atoms with Gasteiger partial charge in [0.05, 0.1) is 24.8 Å². The number of carbonyl (C=O) groups is 1. The van der Waals surface area contributed by atoms with Crippen LogP contribution < -0.4 is 11.5 Å². The number of primary amides is 1. The molecule has 184 valence electrons. The number of nitrogens with two attached hydrogens (primary N) is 2. The number of hydrogen-bond acceptors (Lipinski definition) is 9. The van der Waals surface area contributed by atoms with Gasteiger partial charge in [-0.25, -0.2) is 4.99 Å². The van der Waals surface area contributed by atoms with Crippen LogP contribution in [0.5, 0.6) is 0 Å². The minimum atomic E-state index is -1.13. The topological polar surface area (TPSA) is 147 Å². The number of amidine groups is 1. The Balaban J connectivity index is 1.42. The molecule has 0 aliphatic carbocycles. The second-order valence-electron chi connectivity index (χ2n) is 9.17. The lowest BCUT2D eigenvalue weighted by Gasteiger charge is -2.29. The summed E-state index contributed by atoms with van der Waals surface area (Å²) in [5.41, 5.74) is 17.3. The molecule has 11 heteroatoms. The maximum atomic E-state index is 12.2. The van der Waals surface area contributed by atoms with E-state index < -0.39 is 11.4 Å². The first-order valence-corrected chi connectivity index (χ1v) is 11.5. The van der Waals surface area contributed by atoms with Crippen LogP contribution in [0.15, 0.2) is 69.3 Å². The first kappa shape index (κ1) is 22.1. The molecular formula is C25H25N7O4. The highest BCUT2D eigenvalue weighted by molar-refractivity contribution is 6.05. The van der Waals surface area contributed by atoms with Gasteiger partial charge in [0.1, 0.15) is 18.0 Å². The molecule has 5 heterocycles. The van der Waals surface area contributed by atoms with Crippen LogP contribution in [-0.2, 0) is 19.8 Å². The number of aromatic nitrogens is 3. The average Bonchev–Trinajstić information content (AvgIpc) is 3.56. The molecule has 0 saturated carbocycles. The summed E-state index contributed by atoms with van der Waals surface area (Å²) in [5.74, 6) is 0.291. The van der Waals surface area contributed by atoms with E-state index in [-0.39, 0.29) is 12.6 Å². The van der Waals surface area contributed by atoms with Crippen LogP contribution in [0.3, 0.4) is 0 Å². The Labute approximate surface area is 206 Å². The number of allylic oxidation sites excluding steroid dienone is 1. The Morgan fingerprint density at radius 1 is 1.28 bits per heavy atom. The minimum absolute atomic E-state index is 0.0972. The third-order valence-electron chi connectivity index (χ3n) is 6.84. The van der Waals surface area contributed by atoms with E-state index >= 15 is 0 Å². The van der Waals surface area contributed by atoms with E-state index in [1.54, 1.807) is 30.3 Å². The molecule has 0 fully saturated rings. The van der Waals surface area contributed by atoms with Crippen LogP contribution in [0.1, 0.15) is 24.5 Å². The maximum Gasteiger partial charge on any atom is 0.292 e. The third kappa shape index (κ3) is 3.31. The van der Waals surface area contributed by atoms with E-state index in [0.29, 0.717) is 17.7 Å². The van der Waals surface area contributed by atoms with E-state index in [1.165, 1.54) is 12.7 Å². The van der Waals surface area contributed by atoms with Gasteiger partial charge in [-0.05, 0) is 37.1 Å². The number of oxazole rings is 1. The number of hydrogen-bond donors (Lipinski definition) is 2. The lowest BCUT2D eigenvalue weighted by Crippen LogP contribution is -2.47. The summed E-state index contributed by atoms with van der Waals surface area (Å²) in [5, 5.41) is 4.44. The standard InChI is InChI=1S/C25H25N7O4/c1-25(13-34-2,23(26)33)32-10-16(8-29-32)18-12-35-11-15-5-6-31-21(15)17(18)9-28-22(31)14-3-4-20-19(7-14)30-24(27)36-20/h3-4,7-10,12H,5-6,11,13H2,1-2H3,(H2,26,33)(H2,27,30). The molecule has 3 aliphatic heterocycles. The number of methoxy groups -OCH3 is 1. The molecule has 1 aromatic carbocycles. The van der Waals surface area contributed by atoms with Gasteiger partial charge in [0.2, 0.25) is 5.91 Å². The summed E-state index contributed by atoms with van der Waals surface area (Å²) in [7, 11) is 1.52. The van der Waals surface area contributed by atoms with Crippen molar-refractivity contribution in [1.29, 1.82) is 0 Å². The lowest BCUT2D eigenvalue weighted by molar-refractivity contribution is -0.129. The van der Waals surface area contributed by atoms with Crippen molar-refractivity contribution >= 4 is 34.4 Å². The van der Waals surface area contributed by atoms with Crippen LogP contribution >= 0.6 is 0 Å². The maximum absolute atomic E-state index is 12.2. The summed E-state index contributed by atoms with van der Waals surface area (Å²) in [6.45, 7) is 3.06. The molecule has 36 heavy (non-hydrogen) atoms. The Kier molecular flexibility index (Phi) is 4.97. The van der Waals surface area contributed by atoms with E-state index in [2.05, 4.69) is 15.0 Å². The summed E-state index contributed by atoms with van der Waals surface area (Å²) in [6, 6.07) is 5.87. The van der Waals surface area contributed by atoms with Gasteiger partial charge in [0.15, 0.2) is 11.1 Å². The molecule has 3 aromatic rings. The van der Waals surface area contributed by atoms with Crippen LogP contribution in [0.25, 0.3) is 16.7 Å². The molecule has 6 rings (SSSR count). The fourth-order valence-electron chi connectivity index (χ4n) is 4.90. The number of amides is 1. The number of carbonyl (C=O) groups excluding carboxylic acids is 1. The second kappa shape index (κ2) is 8.09. The van der Waals surface area contributed by atoms with Gasteiger partial charge in [-0.2, -0.15) is 10.1 Å². The van der Waals surface area contributed by atoms with Crippen LogP contribution in [0, 0.1) is 0 Å². The minimum Gasteiger partial charge on any atom is -0.496 e. The molecule has 0 radical (unpaired) electrons. The smallest absolute Gasteiger partial charge is 0.292 e. The highest BCUT2D eigenvalue weighted by atomic mass is 16.5. The largest absolute Gasteiger partial charge is 0.496 e. The fourth-order valence-corrected chi connectivity index (χ4v) is 4.90.